The number of amides is 1. The molecule has 1 aromatic rings. The number of carbonyl (C=O) groups is 2. The summed E-state index contributed by atoms with van der Waals surface area (Å²) in [5.41, 5.74) is 4.86. The van der Waals surface area contributed by atoms with E-state index in [-0.39, 0.29) is 6.42 Å². The third-order valence-electron chi connectivity index (χ3n) is 3.84. The van der Waals surface area contributed by atoms with Crippen LogP contribution in [0.2, 0.25) is 0 Å². The minimum absolute atomic E-state index is 0.197. The van der Waals surface area contributed by atoms with Crippen molar-refractivity contribution in [2.24, 2.45) is 5.73 Å². The number of hydrogen-bond acceptors (Lipinski definition) is 5. The Bertz CT molecular complexity index is 623. The highest BCUT2D eigenvalue weighted by atomic mass is 19.4. The molecule has 0 spiro atoms. The first kappa shape index (κ1) is 17.2. The summed E-state index contributed by atoms with van der Waals surface area (Å²) in [6.07, 6.45) is -5.02. The lowest BCUT2D eigenvalue weighted by molar-refractivity contribution is -0.229. The number of rotatable bonds is 3. The lowest BCUT2D eigenvalue weighted by Crippen LogP contribution is -2.64. The van der Waals surface area contributed by atoms with Gasteiger partial charge in [-0.2, -0.15) is 13.2 Å². The van der Waals surface area contributed by atoms with E-state index in [9.17, 15) is 22.8 Å². The normalized spacial score (nSPS) is 28.1. The number of halogens is 3. The summed E-state index contributed by atoms with van der Waals surface area (Å²) in [6.45, 7) is 1.67. The van der Waals surface area contributed by atoms with Crippen LogP contribution in [0.15, 0.2) is 30.3 Å². The van der Waals surface area contributed by atoms with E-state index in [0.29, 0.717) is 5.56 Å². The molecule has 3 N–H and O–H groups in total. The Morgan fingerprint density at radius 3 is 2.39 bits per heavy atom. The molecule has 9 heteroatoms. The fourth-order valence-corrected chi connectivity index (χ4v) is 2.54. The molecule has 2 unspecified atom stereocenters. The standard InChI is InChI=1S/C14H16F3N3O3/c1-3-12(9-7-5-4-6-8-9)10(21)20(2)14(18,19-12)23-11(22)13(15,16)17/h4-8,19H,3,18H2,1-2H3. The second-order valence-corrected chi connectivity index (χ2v) is 5.20. The number of carbonyl (C=O) groups excluding carboxylic acids is 2. The Morgan fingerprint density at radius 2 is 1.91 bits per heavy atom. The lowest BCUT2D eigenvalue weighted by atomic mass is 9.87. The Labute approximate surface area is 130 Å². The van der Waals surface area contributed by atoms with Gasteiger partial charge in [0.25, 0.3) is 5.91 Å². The van der Waals surface area contributed by atoms with E-state index in [1.165, 1.54) is 7.05 Å². The van der Waals surface area contributed by atoms with Gasteiger partial charge in [0.2, 0.25) is 0 Å². The summed E-state index contributed by atoms with van der Waals surface area (Å²) >= 11 is 0. The summed E-state index contributed by atoms with van der Waals surface area (Å²) in [5, 5.41) is 2.56. The molecule has 0 saturated carbocycles. The third kappa shape index (κ3) is 2.77. The fraction of sp³-hybridized carbons (Fsp3) is 0.429. The van der Waals surface area contributed by atoms with Gasteiger partial charge in [0, 0.05) is 7.05 Å². The maximum Gasteiger partial charge on any atom is 0.491 e. The zero-order valence-corrected chi connectivity index (χ0v) is 12.5. The molecule has 2 rings (SSSR count). The van der Waals surface area contributed by atoms with Crippen LogP contribution >= 0.6 is 0 Å². The SMILES string of the molecule is CCC1(c2ccccc2)NC(N)(OC(=O)C(F)(F)F)N(C)C1=O. The molecule has 1 aliphatic heterocycles. The first-order valence-electron chi connectivity index (χ1n) is 6.79. The number of esters is 1. The molecule has 2 atom stereocenters. The largest absolute Gasteiger partial charge is 0.491 e. The third-order valence-corrected chi connectivity index (χ3v) is 3.84. The van der Waals surface area contributed by atoms with Crippen LogP contribution in [0, 0.1) is 0 Å². The number of hydrogen-bond donors (Lipinski definition) is 2. The first-order chi connectivity index (χ1) is 10.6. The molecule has 0 radical (unpaired) electrons. The van der Waals surface area contributed by atoms with E-state index in [4.69, 9.17) is 5.73 Å². The number of nitrogens with one attached hydrogen (secondary N) is 1. The molecule has 23 heavy (non-hydrogen) atoms. The van der Waals surface area contributed by atoms with Crippen molar-refractivity contribution < 1.29 is 27.5 Å². The smallest absolute Gasteiger partial charge is 0.404 e. The highest BCUT2D eigenvalue weighted by Gasteiger charge is 2.60. The number of likely N-dealkylation sites (N-methyl/N-ethyl adjacent to an activating group) is 1. The van der Waals surface area contributed by atoms with Crippen LogP contribution in [0.1, 0.15) is 18.9 Å². The van der Waals surface area contributed by atoms with Gasteiger partial charge in [-0.1, -0.05) is 37.3 Å². The minimum Gasteiger partial charge on any atom is -0.404 e. The second-order valence-electron chi connectivity index (χ2n) is 5.20. The predicted molar refractivity (Wildman–Crippen MR) is 73.4 cm³/mol. The number of benzene rings is 1. The van der Waals surface area contributed by atoms with Gasteiger partial charge in [0.15, 0.2) is 0 Å². The molecule has 6 nitrogen and oxygen atoms in total. The van der Waals surface area contributed by atoms with Crippen LogP contribution in [0.3, 0.4) is 0 Å². The monoisotopic (exact) mass is 331 g/mol. The quantitative estimate of drug-likeness (QED) is 0.638. The van der Waals surface area contributed by atoms with E-state index in [2.05, 4.69) is 10.1 Å². The van der Waals surface area contributed by atoms with Crippen LogP contribution in [-0.4, -0.2) is 36.0 Å². The summed E-state index contributed by atoms with van der Waals surface area (Å²) in [7, 11) is 1.17. The van der Waals surface area contributed by atoms with E-state index in [1.54, 1.807) is 37.3 Å². The van der Waals surface area contributed by atoms with Crippen molar-refractivity contribution in [3.8, 4) is 0 Å². The molecule has 1 heterocycles. The number of ether oxygens (including phenoxy) is 1. The number of nitrogens with zero attached hydrogens (tertiary/aromatic N) is 1. The minimum atomic E-state index is -5.22. The van der Waals surface area contributed by atoms with Gasteiger partial charge < -0.3 is 4.74 Å². The molecule has 1 fully saturated rings. The molecule has 0 aromatic heterocycles. The Hall–Kier alpha value is -2.13. The highest BCUT2D eigenvalue weighted by Crippen LogP contribution is 2.36. The van der Waals surface area contributed by atoms with Crippen LogP contribution in [0.25, 0.3) is 0 Å². The van der Waals surface area contributed by atoms with Crippen molar-refractivity contribution in [1.82, 2.24) is 10.2 Å². The first-order valence-corrected chi connectivity index (χ1v) is 6.79. The van der Waals surface area contributed by atoms with Crippen molar-refractivity contribution in [1.29, 1.82) is 0 Å². The summed E-state index contributed by atoms with van der Waals surface area (Å²) in [4.78, 5) is 24.5. The van der Waals surface area contributed by atoms with E-state index >= 15 is 0 Å². The van der Waals surface area contributed by atoms with Gasteiger partial charge in [-0.25, -0.2) is 10.1 Å². The van der Waals surface area contributed by atoms with Crippen molar-refractivity contribution in [2.75, 3.05) is 7.05 Å². The second kappa shape index (κ2) is 5.50. The molecule has 126 valence electrons. The van der Waals surface area contributed by atoms with Crippen molar-refractivity contribution >= 4 is 11.9 Å². The van der Waals surface area contributed by atoms with E-state index in [1.807, 2.05) is 0 Å². The van der Waals surface area contributed by atoms with Gasteiger partial charge in [0.1, 0.15) is 5.54 Å². The van der Waals surface area contributed by atoms with Crippen LogP contribution in [0.5, 0.6) is 0 Å². The molecular formula is C14H16F3N3O3. The molecule has 1 amide bonds. The molecular weight excluding hydrogens is 315 g/mol. The van der Waals surface area contributed by atoms with Crippen molar-refractivity contribution in [2.45, 2.75) is 31.0 Å². The average molecular weight is 331 g/mol. The number of nitrogens with two attached hydrogens (primary N) is 1. The van der Waals surface area contributed by atoms with Crippen LogP contribution < -0.4 is 11.1 Å². The molecule has 1 aliphatic rings. The number of alkyl halides is 3. The summed E-state index contributed by atoms with van der Waals surface area (Å²) in [5.74, 6) is -5.47. The van der Waals surface area contributed by atoms with Gasteiger partial charge in [0.05, 0.1) is 0 Å². The average Bonchev–Trinajstić information content (AvgIpc) is 2.69. The van der Waals surface area contributed by atoms with Gasteiger partial charge in [-0.05, 0) is 12.0 Å². The highest BCUT2D eigenvalue weighted by molar-refractivity contribution is 5.90. The molecule has 1 aromatic carbocycles. The Kier molecular flexibility index (Phi) is 4.12. The van der Waals surface area contributed by atoms with E-state index in [0.717, 1.165) is 4.90 Å². The molecule has 0 aliphatic carbocycles. The summed E-state index contributed by atoms with van der Waals surface area (Å²) in [6, 6.07) is 8.37. The Balaban J connectivity index is 2.40. The van der Waals surface area contributed by atoms with Crippen molar-refractivity contribution in [3.63, 3.8) is 0 Å². The topological polar surface area (TPSA) is 84.7 Å². The maximum atomic E-state index is 12.6. The maximum absolute atomic E-state index is 12.6. The Morgan fingerprint density at radius 1 is 1.35 bits per heavy atom. The predicted octanol–water partition coefficient (Wildman–Crippen LogP) is 1.03. The molecule has 0 bridgehead atoms. The summed E-state index contributed by atoms with van der Waals surface area (Å²) < 4.78 is 41.6. The zero-order valence-electron chi connectivity index (χ0n) is 12.5. The van der Waals surface area contributed by atoms with Crippen LogP contribution in [-0.2, 0) is 19.9 Å². The van der Waals surface area contributed by atoms with Crippen molar-refractivity contribution in [3.05, 3.63) is 35.9 Å². The van der Waals surface area contributed by atoms with Gasteiger partial charge in [-0.15, -0.1) is 0 Å². The van der Waals surface area contributed by atoms with Crippen LogP contribution in [0.4, 0.5) is 13.2 Å². The molecule has 1 saturated heterocycles. The van der Waals surface area contributed by atoms with Gasteiger partial charge in [-0.3, -0.25) is 15.4 Å². The zero-order chi connectivity index (χ0) is 17.5. The van der Waals surface area contributed by atoms with E-state index < -0.39 is 29.6 Å². The fourth-order valence-electron chi connectivity index (χ4n) is 2.54. The van der Waals surface area contributed by atoms with Gasteiger partial charge >= 0.3 is 18.1 Å². The lowest BCUT2D eigenvalue weighted by Gasteiger charge is -2.31.